The van der Waals surface area contributed by atoms with Crippen molar-refractivity contribution in [3.05, 3.63) is 29.6 Å². The van der Waals surface area contributed by atoms with Gasteiger partial charge in [-0.15, -0.1) is 0 Å². The second-order valence-corrected chi connectivity index (χ2v) is 4.47. The van der Waals surface area contributed by atoms with Crippen molar-refractivity contribution in [2.75, 3.05) is 25.2 Å². The number of halogens is 1. The molecule has 4 heteroatoms. The van der Waals surface area contributed by atoms with Crippen LogP contribution in [0.25, 0.3) is 0 Å². The Morgan fingerprint density at radius 1 is 1.44 bits per heavy atom. The molecule has 1 aromatic rings. The van der Waals surface area contributed by atoms with Crippen molar-refractivity contribution in [2.24, 2.45) is 5.73 Å². The average Bonchev–Trinajstić information content (AvgIpc) is 2.27. The van der Waals surface area contributed by atoms with Gasteiger partial charge in [-0.3, -0.25) is 0 Å². The van der Waals surface area contributed by atoms with Gasteiger partial charge in [0.05, 0.1) is 6.61 Å². The van der Waals surface area contributed by atoms with Crippen LogP contribution in [0.15, 0.2) is 18.2 Å². The molecule has 0 aliphatic rings. The highest BCUT2D eigenvalue weighted by Gasteiger charge is 2.04. The highest BCUT2D eigenvalue weighted by molar-refractivity contribution is 7.98. The molecule has 0 aliphatic carbocycles. The van der Waals surface area contributed by atoms with E-state index in [4.69, 9.17) is 10.5 Å². The van der Waals surface area contributed by atoms with Crippen molar-refractivity contribution in [2.45, 2.75) is 12.8 Å². The third kappa shape index (κ3) is 4.41. The molecule has 0 bridgehead atoms. The summed E-state index contributed by atoms with van der Waals surface area (Å²) in [6, 6.07) is 4.60. The summed E-state index contributed by atoms with van der Waals surface area (Å²) >= 11 is 1.79. The molecule has 0 aromatic heterocycles. The molecule has 0 atom stereocenters. The van der Waals surface area contributed by atoms with Gasteiger partial charge in [0.15, 0.2) is 0 Å². The minimum absolute atomic E-state index is 0.236. The fraction of sp³-hybridized carbons (Fsp3) is 0.500. The predicted octanol–water partition coefficient (Wildman–Crippen LogP) is 2.46. The maximum atomic E-state index is 13.0. The number of benzene rings is 1. The summed E-state index contributed by atoms with van der Waals surface area (Å²) in [7, 11) is 0. The highest BCUT2D eigenvalue weighted by Crippen LogP contribution is 2.20. The minimum Gasteiger partial charge on any atom is -0.493 e. The summed E-state index contributed by atoms with van der Waals surface area (Å²) in [6.45, 7) is 1.18. The first-order chi connectivity index (χ1) is 7.77. The van der Waals surface area contributed by atoms with E-state index in [-0.39, 0.29) is 5.82 Å². The molecule has 0 saturated heterocycles. The molecule has 0 aliphatic heterocycles. The lowest BCUT2D eigenvalue weighted by Gasteiger charge is -2.10. The predicted molar refractivity (Wildman–Crippen MR) is 67.7 cm³/mol. The van der Waals surface area contributed by atoms with Crippen molar-refractivity contribution in [3.8, 4) is 5.75 Å². The van der Waals surface area contributed by atoms with Crippen molar-refractivity contribution in [1.29, 1.82) is 0 Å². The minimum atomic E-state index is -0.236. The van der Waals surface area contributed by atoms with Crippen LogP contribution in [0, 0.1) is 5.82 Å². The fourth-order valence-corrected chi connectivity index (χ4v) is 1.83. The zero-order valence-electron chi connectivity index (χ0n) is 9.54. The number of thioether (sulfide) groups is 1. The summed E-state index contributed by atoms with van der Waals surface area (Å²) in [6.07, 6.45) is 3.72. The van der Waals surface area contributed by atoms with Crippen molar-refractivity contribution in [1.82, 2.24) is 0 Å². The molecule has 2 nitrogen and oxygen atoms in total. The van der Waals surface area contributed by atoms with Crippen LogP contribution in [0.4, 0.5) is 4.39 Å². The van der Waals surface area contributed by atoms with Crippen LogP contribution < -0.4 is 10.5 Å². The molecule has 16 heavy (non-hydrogen) atoms. The van der Waals surface area contributed by atoms with Crippen LogP contribution in [-0.2, 0) is 6.42 Å². The Bertz CT molecular complexity index is 320. The van der Waals surface area contributed by atoms with Gasteiger partial charge in [0.25, 0.3) is 0 Å². The van der Waals surface area contributed by atoms with Crippen LogP contribution in [0.5, 0.6) is 5.75 Å². The number of hydrogen-bond acceptors (Lipinski definition) is 3. The van der Waals surface area contributed by atoms with E-state index in [0.717, 1.165) is 23.5 Å². The molecule has 0 fully saturated rings. The second-order valence-electron chi connectivity index (χ2n) is 3.49. The molecular weight excluding hydrogens is 225 g/mol. The molecule has 2 N–H and O–H groups in total. The van der Waals surface area contributed by atoms with Gasteiger partial charge in [0.2, 0.25) is 0 Å². The summed E-state index contributed by atoms with van der Waals surface area (Å²) in [4.78, 5) is 0. The Kier molecular flexibility index (Phi) is 6.26. The maximum Gasteiger partial charge on any atom is 0.123 e. The topological polar surface area (TPSA) is 35.2 Å². The van der Waals surface area contributed by atoms with E-state index >= 15 is 0 Å². The van der Waals surface area contributed by atoms with Crippen molar-refractivity contribution in [3.63, 3.8) is 0 Å². The molecule has 0 amide bonds. The van der Waals surface area contributed by atoms with Gasteiger partial charge in [-0.25, -0.2) is 4.39 Å². The lowest BCUT2D eigenvalue weighted by atomic mass is 10.1. The molecule has 0 heterocycles. The third-order valence-electron chi connectivity index (χ3n) is 2.19. The van der Waals surface area contributed by atoms with E-state index in [1.165, 1.54) is 12.1 Å². The first kappa shape index (κ1) is 13.3. The van der Waals surface area contributed by atoms with E-state index in [2.05, 4.69) is 6.26 Å². The smallest absolute Gasteiger partial charge is 0.123 e. The molecule has 90 valence electrons. The second kappa shape index (κ2) is 7.52. The fourth-order valence-electron chi connectivity index (χ4n) is 1.43. The molecule has 1 rings (SSSR count). The SMILES string of the molecule is CSCCCOc1ccc(F)cc1CCN. The van der Waals surface area contributed by atoms with Crippen LogP contribution in [0.3, 0.4) is 0 Å². The van der Waals surface area contributed by atoms with Gasteiger partial charge in [-0.05, 0) is 55.2 Å². The van der Waals surface area contributed by atoms with Gasteiger partial charge < -0.3 is 10.5 Å². The molecule has 1 aromatic carbocycles. The lowest BCUT2D eigenvalue weighted by Crippen LogP contribution is -2.07. The molecular formula is C12H18FNOS. The number of rotatable bonds is 7. The zero-order chi connectivity index (χ0) is 11.8. The van der Waals surface area contributed by atoms with Gasteiger partial charge in [-0.1, -0.05) is 0 Å². The van der Waals surface area contributed by atoms with Crippen LogP contribution in [0.2, 0.25) is 0 Å². The Hall–Kier alpha value is -0.740. The van der Waals surface area contributed by atoms with Gasteiger partial charge in [0.1, 0.15) is 11.6 Å². The Morgan fingerprint density at radius 3 is 2.94 bits per heavy atom. The molecule has 0 unspecified atom stereocenters. The molecule has 0 radical (unpaired) electrons. The van der Waals surface area contributed by atoms with Crippen molar-refractivity contribution >= 4 is 11.8 Å². The largest absolute Gasteiger partial charge is 0.493 e. The lowest BCUT2D eigenvalue weighted by molar-refractivity contribution is 0.315. The number of hydrogen-bond donors (Lipinski definition) is 1. The number of nitrogens with two attached hydrogens (primary N) is 1. The third-order valence-corrected chi connectivity index (χ3v) is 2.88. The van der Waals surface area contributed by atoms with E-state index < -0.39 is 0 Å². The Balaban J connectivity index is 2.56. The van der Waals surface area contributed by atoms with Crippen molar-refractivity contribution < 1.29 is 9.13 Å². The average molecular weight is 243 g/mol. The van der Waals surface area contributed by atoms with Gasteiger partial charge in [-0.2, -0.15) is 11.8 Å². The standard InChI is InChI=1S/C12H18FNOS/c1-16-8-2-7-15-12-4-3-11(13)9-10(12)5-6-14/h3-4,9H,2,5-8,14H2,1H3. The van der Waals surface area contributed by atoms with E-state index in [1.807, 2.05) is 0 Å². The maximum absolute atomic E-state index is 13.0. The first-order valence-corrected chi connectivity index (χ1v) is 6.77. The highest BCUT2D eigenvalue weighted by atomic mass is 32.2. The van der Waals surface area contributed by atoms with E-state index in [0.29, 0.717) is 19.6 Å². The summed E-state index contributed by atoms with van der Waals surface area (Å²) in [5.74, 6) is 1.60. The van der Waals surface area contributed by atoms with Gasteiger partial charge in [0, 0.05) is 0 Å². The number of ether oxygens (including phenoxy) is 1. The molecule has 0 saturated carbocycles. The monoisotopic (exact) mass is 243 g/mol. The summed E-state index contributed by atoms with van der Waals surface area (Å²) in [5.41, 5.74) is 6.33. The van der Waals surface area contributed by atoms with Gasteiger partial charge >= 0.3 is 0 Å². The normalized spacial score (nSPS) is 10.4. The summed E-state index contributed by atoms with van der Waals surface area (Å²) < 4.78 is 18.6. The quantitative estimate of drug-likeness (QED) is 0.747. The molecule has 0 spiro atoms. The van der Waals surface area contributed by atoms with E-state index in [9.17, 15) is 4.39 Å². The van der Waals surface area contributed by atoms with Crippen LogP contribution in [-0.4, -0.2) is 25.2 Å². The summed E-state index contributed by atoms with van der Waals surface area (Å²) in [5, 5.41) is 0. The first-order valence-electron chi connectivity index (χ1n) is 5.38. The Labute approximate surface area is 100 Å². The van der Waals surface area contributed by atoms with Crippen LogP contribution >= 0.6 is 11.8 Å². The van der Waals surface area contributed by atoms with Crippen LogP contribution in [0.1, 0.15) is 12.0 Å². The Morgan fingerprint density at radius 2 is 2.25 bits per heavy atom. The zero-order valence-corrected chi connectivity index (χ0v) is 10.4. The van der Waals surface area contributed by atoms with E-state index in [1.54, 1.807) is 17.8 Å².